The van der Waals surface area contributed by atoms with E-state index in [0.29, 0.717) is 11.7 Å². The molecule has 1 nitrogen and oxygen atoms in total. The summed E-state index contributed by atoms with van der Waals surface area (Å²) in [6, 6.07) is 11.1. The van der Waals surface area contributed by atoms with Crippen molar-refractivity contribution in [1.29, 1.82) is 0 Å². The van der Waals surface area contributed by atoms with Crippen molar-refractivity contribution in [3.63, 3.8) is 0 Å². The smallest absolute Gasteiger partial charge is 0.0795 e. The highest BCUT2D eigenvalue weighted by atomic mass is 16.5. The summed E-state index contributed by atoms with van der Waals surface area (Å²) >= 11 is 0. The van der Waals surface area contributed by atoms with Gasteiger partial charge in [-0.05, 0) is 59.3 Å². The molecule has 10 atom stereocenters. The Kier molecular flexibility index (Phi) is 1.17. The molecule has 4 bridgehead atoms. The summed E-state index contributed by atoms with van der Waals surface area (Å²) in [5, 5.41) is 0. The molecule has 0 unspecified atom stereocenters. The minimum Gasteiger partial charge on any atom is -0.370 e. The van der Waals surface area contributed by atoms with Crippen LogP contribution in [0.15, 0.2) is 30.3 Å². The van der Waals surface area contributed by atoms with Crippen molar-refractivity contribution >= 4 is 0 Å². The topological polar surface area (TPSA) is 9.23 Å². The second kappa shape index (κ2) is 2.41. The monoisotopic (exact) mass is 250 g/mol. The maximum absolute atomic E-state index is 6.76. The molecule has 0 spiro atoms. The van der Waals surface area contributed by atoms with Gasteiger partial charge in [0.2, 0.25) is 0 Å². The zero-order valence-electron chi connectivity index (χ0n) is 10.9. The summed E-state index contributed by atoms with van der Waals surface area (Å²) in [6.07, 6.45) is 3.48. The fraction of sp³-hybridized carbons (Fsp3) is 0.667. The minimum atomic E-state index is 0.290. The molecule has 5 aliphatic carbocycles. The first-order valence-electron chi connectivity index (χ1n) is 8.12. The van der Waals surface area contributed by atoms with Crippen molar-refractivity contribution < 1.29 is 4.74 Å². The normalized spacial score (nSPS) is 67.5. The Morgan fingerprint density at radius 2 is 1.84 bits per heavy atom. The molecular formula is C18H18O. The van der Waals surface area contributed by atoms with Crippen molar-refractivity contribution in [3.8, 4) is 0 Å². The van der Waals surface area contributed by atoms with Crippen molar-refractivity contribution in [2.45, 2.75) is 24.5 Å². The maximum Gasteiger partial charge on any atom is 0.0795 e. The van der Waals surface area contributed by atoms with E-state index in [1.807, 2.05) is 0 Å². The predicted molar refractivity (Wildman–Crippen MR) is 70.3 cm³/mol. The molecular weight excluding hydrogens is 232 g/mol. The molecule has 7 fully saturated rings. The molecule has 0 radical (unpaired) electrons. The third-order valence-corrected chi connectivity index (χ3v) is 8.19. The average molecular weight is 250 g/mol. The van der Waals surface area contributed by atoms with E-state index in [0.717, 1.165) is 47.3 Å². The van der Waals surface area contributed by atoms with Gasteiger partial charge < -0.3 is 4.74 Å². The van der Waals surface area contributed by atoms with E-state index in [2.05, 4.69) is 30.3 Å². The highest BCUT2D eigenvalue weighted by Gasteiger charge is 2.92. The quantitative estimate of drug-likeness (QED) is 0.784. The third kappa shape index (κ3) is 0.665. The molecule has 1 heteroatoms. The zero-order valence-corrected chi connectivity index (χ0v) is 10.9. The maximum atomic E-state index is 6.76. The second-order valence-electron chi connectivity index (χ2n) is 8.12. The third-order valence-electron chi connectivity index (χ3n) is 8.19. The highest BCUT2D eigenvalue weighted by Crippen LogP contribution is 2.90. The van der Waals surface area contributed by atoms with E-state index >= 15 is 0 Å². The van der Waals surface area contributed by atoms with Crippen LogP contribution in [0.2, 0.25) is 0 Å². The van der Waals surface area contributed by atoms with Crippen molar-refractivity contribution in [2.75, 3.05) is 0 Å². The van der Waals surface area contributed by atoms with E-state index in [4.69, 9.17) is 4.74 Å². The summed E-state index contributed by atoms with van der Waals surface area (Å²) in [6.45, 7) is 0. The summed E-state index contributed by atoms with van der Waals surface area (Å²) in [5.74, 6) is 8.25. The summed E-state index contributed by atoms with van der Waals surface area (Å²) in [5.41, 5.74) is 1.80. The lowest BCUT2D eigenvalue weighted by atomic mass is 9.57. The molecule has 1 aromatic carbocycles. The largest absolute Gasteiger partial charge is 0.370 e. The lowest BCUT2D eigenvalue weighted by Gasteiger charge is -2.46. The summed E-state index contributed by atoms with van der Waals surface area (Å²) in [7, 11) is 0. The van der Waals surface area contributed by atoms with Crippen molar-refractivity contribution in [1.82, 2.24) is 0 Å². The van der Waals surface area contributed by atoms with Gasteiger partial charge in [0, 0.05) is 6.42 Å². The van der Waals surface area contributed by atoms with Gasteiger partial charge in [-0.25, -0.2) is 0 Å². The standard InChI is InChI=1S/C18H18O/c1-2-4-8(5-3-1)7-18-15-10-6-9-11-12(10)16(18)14(11)17(19-18)13(9)15/h1-5,9-17H,6-7H2/t9-,10+,11-,12+,13-,14+,15+,16+,17+,18+/m0/s1. The number of rotatable bonds is 2. The van der Waals surface area contributed by atoms with Crippen LogP contribution in [0.5, 0.6) is 0 Å². The van der Waals surface area contributed by atoms with Crippen molar-refractivity contribution in [2.24, 2.45) is 47.3 Å². The zero-order chi connectivity index (χ0) is 11.9. The van der Waals surface area contributed by atoms with E-state index < -0.39 is 0 Å². The average Bonchev–Trinajstić information content (AvgIpc) is 3.03. The minimum absolute atomic E-state index is 0.290. The molecule has 1 aromatic rings. The summed E-state index contributed by atoms with van der Waals surface area (Å²) in [4.78, 5) is 0. The second-order valence-corrected chi connectivity index (χ2v) is 8.12. The molecule has 0 N–H and O–H groups in total. The fourth-order valence-corrected chi connectivity index (χ4v) is 8.40. The molecule has 19 heavy (non-hydrogen) atoms. The van der Waals surface area contributed by atoms with Crippen LogP contribution in [0.1, 0.15) is 12.0 Å². The lowest BCUT2D eigenvalue weighted by Crippen LogP contribution is -2.49. The van der Waals surface area contributed by atoms with Gasteiger partial charge >= 0.3 is 0 Å². The van der Waals surface area contributed by atoms with Crippen LogP contribution in [0.25, 0.3) is 0 Å². The first-order chi connectivity index (χ1) is 9.40. The molecule has 0 amide bonds. The van der Waals surface area contributed by atoms with E-state index in [9.17, 15) is 0 Å². The van der Waals surface area contributed by atoms with E-state index in [-0.39, 0.29) is 0 Å². The van der Waals surface area contributed by atoms with Gasteiger partial charge in [0.1, 0.15) is 0 Å². The Labute approximate surface area is 113 Å². The van der Waals surface area contributed by atoms with Gasteiger partial charge in [-0.15, -0.1) is 0 Å². The summed E-state index contributed by atoms with van der Waals surface area (Å²) < 4.78 is 6.76. The van der Waals surface area contributed by atoms with Crippen LogP contribution in [0.4, 0.5) is 0 Å². The Morgan fingerprint density at radius 1 is 0.947 bits per heavy atom. The van der Waals surface area contributed by atoms with Crippen LogP contribution in [0, 0.1) is 47.3 Å². The lowest BCUT2D eigenvalue weighted by molar-refractivity contribution is -0.0301. The van der Waals surface area contributed by atoms with Gasteiger partial charge in [0.25, 0.3) is 0 Å². The molecule has 2 saturated heterocycles. The first kappa shape index (κ1) is 9.18. The van der Waals surface area contributed by atoms with Crippen LogP contribution >= 0.6 is 0 Å². The highest BCUT2D eigenvalue weighted by molar-refractivity contribution is 5.40. The van der Waals surface area contributed by atoms with Crippen LogP contribution < -0.4 is 0 Å². The van der Waals surface area contributed by atoms with Crippen LogP contribution in [-0.2, 0) is 11.2 Å². The van der Waals surface area contributed by atoms with Crippen molar-refractivity contribution in [3.05, 3.63) is 35.9 Å². The van der Waals surface area contributed by atoms with Crippen LogP contribution in [-0.4, -0.2) is 11.7 Å². The van der Waals surface area contributed by atoms with Gasteiger partial charge in [0.15, 0.2) is 0 Å². The van der Waals surface area contributed by atoms with E-state index in [1.54, 1.807) is 6.42 Å². The molecule has 2 aliphatic heterocycles. The predicted octanol–water partition coefficient (Wildman–Crippen LogP) is 2.75. The molecule has 2 heterocycles. The number of ether oxygens (including phenoxy) is 1. The van der Waals surface area contributed by atoms with Gasteiger partial charge in [-0.3, -0.25) is 0 Å². The van der Waals surface area contributed by atoms with Gasteiger partial charge in [-0.2, -0.15) is 0 Å². The number of hydrogen-bond acceptors (Lipinski definition) is 1. The van der Waals surface area contributed by atoms with Gasteiger partial charge in [0.05, 0.1) is 11.7 Å². The Morgan fingerprint density at radius 3 is 2.74 bits per heavy atom. The van der Waals surface area contributed by atoms with E-state index in [1.165, 1.54) is 12.0 Å². The Balaban J connectivity index is 1.42. The van der Waals surface area contributed by atoms with Crippen LogP contribution in [0.3, 0.4) is 0 Å². The Hall–Kier alpha value is -0.820. The molecule has 8 rings (SSSR count). The molecule has 7 aliphatic rings. The van der Waals surface area contributed by atoms with Gasteiger partial charge in [-0.1, -0.05) is 30.3 Å². The Bertz CT molecular complexity index is 599. The first-order valence-corrected chi connectivity index (χ1v) is 8.12. The number of benzene rings is 1. The number of hydrogen-bond donors (Lipinski definition) is 0. The molecule has 96 valence electrons. The fourth-order valence-electron chi connectivity index (χ4n) is 8.40. The SMILES string of the molecule is c1ccc(C[C@]23O[C@H]4[C@@H]5[C@H]6[C@@H]7C[C@H]([C@H]6[C@H]52)[C@@H]3[C@H]74)cc1. The molecule has 0 aromatic heterocycles. The molecule has 5 saturated carbocycles.